The molecule has 0 saturated heterocycles. The number of aromatic nitrogens is 2. The molecule has 1 unspecified atom stereocenters. The van der Waals surface area contributed by atoms with E-state index in [1.54, 1.807) is 6.07 Å². The van der Waals surface area contributed by atoms with E-state index in [4.69, 9.17) is 17.9 Å². The summed E-state index contributed by atoms with van der Waals surface area (Å²) < 4.78 is 0. The first-order valence-corrected chi connectivity index (χ1v) is 4.28. The molecule has 0 spiro atoms. The standard InChI is InChI=1S/C9H13N5/c1-3-6(4-2)12-8-5-7(10)13-9(11)14-8/h1,5-6H,4H2,2H3,(H5,10,11,12,13,14). The first-order chi connectivity index (χ1) is 6.65. The zero-order chi connectivity index (χ0) is 10.6. The van der Waals surface area contributed by atoms with Crippen LogP contribution in [0.2, 0.25) is 0 Å². The molecular weight excluding hydrogens is 178 g/mol. The molecule has 0 bridgehead atoms. The minimum Gasteiger partial charge on any atom is -0.383 e. The van der Waals surface area contributed by atoms with Crippen LogP contribution in [0.4, 0.5) is 17.6 Å². The predicted octanol–water partition coefficient (Wildman–Crippen LogP) is 0.465. The number of nitrogen functional groups attached to an aromatic ring is 2. The number of rotatable bonds is 3. The van der Waals surface area contributed by atoms with Crippen molar-refractivity contribution in [1.29, 1.82) is 0 Å². The summed E-state index contributed by atoms with van der Waals surface area (Å²) in [5, 5.41) is 3.01. The van der Waals surface area contributed by atoms with Crippen molar-refractivity contribution in [3.63, 3.8) is 0 Å². The Bertz CT molecular complexity index is 334. The number of anilines is 3. The molecule has 0 aromatic carbocycles. The lowest BCUT2D eigenvalue weighted by Gasteiger charge is -2.11. The SMILES string of the molecule is C#CC(CC)Nc1cc(N)nc(N)n1. The third-order valence-corrected chi connectivity index (χ3v) is 1.69. The van der Waals surface area contributed by atoms with Crippen LogP contribution in [0.15, 0.2) is 6.07 Å². The highest BCUT2D eigenvalue weighted by Crippen LogP contribution is 2.10. The smallest absolute Gasteiger partial charge is 0.223 e. The van der Waals surface area contributed by atoms with Gasteiger partial charge >= 0.3 is 0 Å². The molecule has 1 atom stereocenters. The summed E-state index contributed by atoms with van der Waals surface area (Å²) in [7, 11) is 0. The van der Waals surface area contributed by atoms with Gasteiger partial charge in [0.15, 0.2) is 0 Å². The highest BCUT2D eigenvalue weighted by atomic mass is 15.1. The van der Waals surface area contributed by atoms with Crippen molar-refractivity contribution in [2.45, 2.75) is 19.4 Å². The second-order valence-electron chi connectivity index (χ2n) is 2.81. The molecule has 5 heteroatoms. The van der Waals surface area contributed by atoms with E-state index >= 15 is 0 Å². The number of nitrogens with zero attached hydrogens (tertiary/aromatic N) is 2. The van der Waals surface area contributed by atoms with Crippen molar-refractivity contribution in [3.05, 3.63) is 6.07 Å². The van der Waals surface area contributed by atoms with Crippen LogP contribution >= 0.6 is 0 Å². The van der Waals surface area contributed by atoms with Crippen molar-refractivity contribution in [3.8, 4) is 12.3 Å². The van der Waals surface area contributed by atoms with Gasteiger partial charge in [-0.3, -0.25) is 0 Å². The molecule has 1 aromatic rings. The molecule has 5 nitrogen and oxygen atoms in total. The van der Waals surface area contributed by atoms with Crippen molar-refractivity contribution in [1.82, 2.24) is 9.97 Å². The Labute approximate surface area is 82.9 Å². The van der Waals surface area contributed by atoms with Crippen LogP contribution in [-0.4, -0.2) is 16.0 Å². The van der Waals surface area contributed by atoms with Gasteiger partial charge in [-0.15, -0.1) is 6.42 Å². The Hall–Kier alpha value is -1.96. The highest BCUT2D eigenvalue weighted by Gasteiger charge is 2.04. The van der Waals surface area contributed by atoms with Gasteiger partial charge in [0.2, 0.25) is 5.95 Å². The lowest BCUT2D eigenvalue weighted by atomic mass is 10.2. The summed E-state index contributed by atoms with van der Waals surface area (Å²) in [6.45, 7) is 1.98. The quantitative estimate of drug-likeness (QED) is 0.604. The van der Waals surface area contributed by atoms with Gasteiger partial charge in [0.25, 0.3) is 0 Å². The number of nitrogens with two attached hydrogens (primary N) is 2. The third kappa shape index (κ3) is 2.52. The van der Waals surface area contributed by atoms with E-state index in [1.165, 1.54) is 0 Å². The molecule has 1 rings (SSSR count). The van der Waals surface area contributed by atoms with Crippen LogP contribution in [0.1, 0.15) is 13.3 Å². The molecule has 0 saturated carbocycles. The molecule has 5 N–H and O–H groups in total. The third-order valence-electron chi connectivity index (χ3n) is 1.69. The van der Waals surface area contributed by atoms with Gasteiger partial charge in [0, 0.05) is 6.07 Å². The Morgan fingerprint density at radius 3 is 2.79 bits per heavy atom. The number of nitrogens with one attached hydrogen (secondary N) is 1. The monoisotopic (exact) mass is 191 g/mol. The van der Waals surface area contributed by atoms with Gasteiger partial charge in [-0.05, 0) is 6.42 Å². The lowest BCUT2D eigenvalue weighted by Crippen LogP contribution is -2.17. The fraction of sp³-hybridized carbons (Fsp3) is 0.333. The first-order valence-electron chi connectivity index (χ1n) is 4.28. The van der Waals surface area contributed by atoms with E-state index in [2.05, 4.69) is 21.2 Å². The normalized spacial score (nSPS) is 11.7. The largest absolute Gasteiger partial charge is 0.383 e. The molecule has 0 amide bonds. The van der Waals surface area contributed by atoms with Gasteiger partial charge in [0.05, 0.1) is 6.04 Å². The topological polar surface area (TPSA) is 89.8 Å². The van der Waals surface area contributed by atoms with E-state index in [0.29, 0.717) is 11.6 Å². The van der Waals surface area contributed by atoms with Crippen molar-refractivity contribution in [2.75, 3.05) is 16.8 Å². The molecule has 0 aliphatic heterocycles. The predicted molar refractivity (Wildman–Crippen MR) is 57.4 cm³/mol. The maximum absolute atomic E-state index is 5.50. The Kier molecular flexibility index (Phi) is 3.13. The summed E-state index contributed by atoms with van der Waals surface area (Å²) in [6, 6.07) is 1.53. The van der Waals surface area contributed by atoms with E-state index < -0.39 is 0 Å². The van der Waals surface area contributed by atoms with Gasteiger partial charge in [-0.25, -0.2) is 0 Å². The summed E-state index contributed by atoms with van der Waals surface area (Å²) >= 11 is 0. The summed E-state index contributed by atoms with van der Waals surface area (Å²) in [5.74, 6) is 3.61. The van der Waals surface area contributed by atoms with Crippen molar-refractivity contribution < 1.29 is 0 Å². The molecule has 0 aliphatic rings. The van der Waals surface area contributed by atoms with E-state index in [9.17, 15) is 0 Å². The Balaban J connectivity index is 2.82. The highest BCUT2D eigenvalue weighted by molar-refractivity contribution is 5.49. The minimum atomic E-state index is -0.0660. The van der Waals surface area contributed by atoms with Crippen molar-refractivity contribution in [2.24, 2.45) is 0 Å². The number of hydrogen-bond donors (Lipinski definition) is 3. The van der Waals surface area contributed by atoms with Crippen LogP contribution in [0.25, 0.3) is 0 Å². The molecule has 74 valence electrons. The average Bonchev–Trinajstić information content (AvgIpc) is 2.12. The van der Waals surface area contributed by atoms with E-state index in [0.717, 1.165) is 6.42 Å². The second kappa shape index (κ2) is 4.33. The zero-order valence-corrected chi connectivity index (χ0v) is 7.99. The maximum atomic E-state index is 5.50. The van der Waals surface area contributed by atoms with E-state index in [-0.39, 0.29) is 12.0 Å². The van der Waals surface area contributed by atoms with E-state index in [1.807, 2.05) is 6.92 Å². The van der Waals surface area contributed by atoms with Crippen LogP contribution in [0.5, 0.6) is 0 Å². The average molecular weight is 191 g/mol. The number of terminal acetylenes is 1. The molecule has 14 heavy (non-hydrogen) atoms. The fourth-order valence-electron chi connectivity index (χ4n) is 0.999. The van der Waals surface area contributed by atoms with Gasteiger partial charge in [-0.1, -0.05) is 12.8 Å². The Morgan fingerprint density at radius 1 is 1.57 bits per heavy atom. The molecule has 1 heterocycles. The first kappa shape index (κ1) is 10.1. The van der Waals surface area contributed by atoms with Crippen LogP contribution < -0.4 is 16.8 Å². The fourth-order valence-corrected chi connectivity index (χ4v) is 0.999. The van der Waals surface area contributed by atoms with Crippen LogP contribution in [-0.2, 0) is 0 Å². The van der Waals surface area contributed by atoms with Crippen LogP contribution in [0, 0.1) is 12.3 Å². The van der Waals surface area contributed by atoms with Gasteiger partial charge in [0.1, 0.15) is 11.6 Å². The molecule has 1 aromatic heterocycles. The second-order valence-corrected chi connectivity index (χ2v) is 2.81. The Morgan fingerprint density at radius 2 is 2.29 bits per heavy atom. The molecule has 0 fully saturated rings. The summed E-state index contributed by atoms with van der Waals surface area (Å²) in [4.78, 5) is 7.70. The molecule has 0 aliphatic carbocycles. The maximum Gasteiger partial charge on any atom is 0.223 e. The molecule has 0 radical (unpaired) electrons. The van der Waals surface area contributed by atoms with Gasteiger partial charge in [-0.2, -0.15) is 9.97 Å². The van der Waals surface area contributed by atoms with Crippen molar-refractivity contribution >= 4 is 17.6 Å². The number of hydrogen-bond acceptors (Lipinski definition) is 5. The molecular formula is C9H13N5. The lowest BCUT2D eigenvalue weighted by molar-refractivity contribution is 0.850. The van der Waals surface area contributed by atoms with Gasteiger partial charge < -0.3 is 16.8 Å². The minimum absolute atomic E-state index is 0.0660. The zero-order valence-electron chi connectivity index (χ0n) is 7.99. The summed E-state index contributed by atoms with van der Waals surface area (Å²) in [5.41, 5.74) is 10.9. The van der Waals surface area contributed by atoms with Crippen LogP contribution in [0.3, 0.4) is 0 Å². The summed E-state index contributed by atoms with van der Waals surface area (Å²) in [6.07, 6.45) is 6.09.